The Bertz CT molecular complexity index is 172. The van der Waals surface area contributed by atoms with Crippen LogP contribution in [0.1, 0.15) is 26.7 Å². The number of hydrogen-bond acceptors (Lipinski definition) is 2. The minimum Gasteiger partial charge on any atom is -0.289 e. The monoisotopic (exact) mass is 171 g/mol. The molecule has 1 unspecified atom stereocenters. The third kappa shape index (κ3) is 1.62. The van der Waals surface area contributed by atoms with Crippen LogP contribution in [0.5, 0.6) is 0 Å². The van der Waals surface area contributed by atoms with E-state index in [1.165, 1.54) is 12.0 Å². The summed E-state index contributed by atoms with van der Waals surface area (Å²) < 4.78 is 0. The van der Waals surface area contributed by atoms with Gasteiger partial charge >= 0.3 is 0 Å². The first-order chi connectivity index (χ1) is 5.09. The number of thiol groups is 1. The third-order valence-electron chi connectivity index (χ3n) is 2.52. The van der Waals surface area contributed by atoms with Gasteiger partial charge in [-0.15, -0.1) is 0 Å². The van der Waals surface area contributed by atoms with Crippen LogP contribution in [0, 0.1) is 0 Å². The molecule has 2 heteroatoms. The largest absolute Gasteiger partial charge is 0.289 e. The second-order valence-electron chi connectivity index (χ2n) is 3.33. The van der Waals surface area contributed by atoms with E-state index in [9.17, 15) is 0 Å². The molecular formula is C9H17NS. The van der Waals surface area contributed by atoms with Gasteiger partial charge in [-0.25, -0.2) is 0 Å². The zero-order chi connectivity index (χ0) is 8.48. The minimum atomic E-state index is 0.00993. The van der Waals surface area contributed by atoms with Crippen LogP contribution in [0.15, 0.2) is 11.6 Å². The smallest absolute Gasteiger partial charge is 0.0826 e. The second kappa shape index (κ2) is 3.20. The van der Waals surface area contributed by atoms with Crippen LogP contribution < -0.4 is 0 Å². The van der Waals surface area contributed by atoms with E-state index in [-0.39, 0.29) is 4.87 Å². The summed E-state index contributed by atoms with van der Waals surface area (Å²) in [5.41, 5.74) is 1.48. The van der Waals surface area contributed by atoms with Crippen molar-refractivity contribution in [2.24, 2.45) is 0 Å². The molecule has 64 valence electrons. The van der Waals surface area contributed by atoms with Crippen LogP contribution in [0.4, 0.5) is 0 Å². The van der Waals surface area contributed by atoms with E-state index in [0.717, 1.165) is 13.0 Å². The topological polar surface area (TPSA) is 3.24 Å². The van der Waals surface area contributed by atoms with E-state index in [1.807, 2.05) is 0 Å². The summed E-state index contributed by atoms with van der Waals surface area (Å²) in [6, 6.07) is 0. The van der Waals surface area contributed by atoms with Crippen molar-refractivity contribution in [2.75, 3.05) is 13.6 Å². The van der Waals surface area contributed by atoms with Gasteiger partial charge < -0.3 is 0 Å². The Kier molecular flexibility index (Phi) is 2.66. The molecule has 0 amide bonds. The molecule has 11 heavy (non-hydrogen) atoms. The lowest BCUT2D eigenvalue weighted by molar-refractivity contribution is 0.319. The molecule has 0 aliphatic carbocycles. The molecule has 0 radical (unpaired) electrons. The molecule has 0 aromatic rings. The van der Waals surface area contributed by atoms with Gasteiger partial charge in [0.25, 0.3) is 0 Å². The van der Waals surface area contributed by atoms with E-state index in [4.69, 9.17) is 0 Å². The Hall–Kier alpha value is 0.0500. The molecule has 1 aliphatic rings. The van der Waals surface area contributed by atoms with Crippen molar-refractivity contribution in [3.05, 3.63) is 11.6 Å². The zero-order valence-corrected chi connectivity index (χ0v) is 8.49. The summed E-state index contributed by atoms with van der Waals surface area (Å²) in [6.07, 6.45) is 4.61. The first-order valence-corrected chi connectivity index (χ1v) is 4.67. The van der Waals surface area contributed by atoms with Gasteiger partial charge in [-0.3, -0.25) is 4.90 Å². The Morgan fingerprint density at radius 1 is 1.73 bits per heavy atom. The Balaban J connectivity index is 2.78. The average molecular weight is 171 g/mol. The van der Waals surface area contributed by atoms with Gasteiger partial charge in [0, 0.05) is 6.54 Å². The number of likely N-dealkylation sites (N-methyl/N-ethyl adjacent to an activating group) is 1. The molecule has 0 aromatic carbocycles. The normalized spacial score (nSPS) is 36.9. The highest BCUT2D eigenvalue weighted by Gasteiger charge is 2.34. The van der Waals surface area contributed by atoms with Crippen molar-refractivity contribution in [1.82, 2.24) is 4.90 Å². The average Bonchev–Trinajstić information content (AvgIpc) is 2.16. The van der Waals surface area contributed by atoms with Gasteiger partial charge in [0.05, 0.1) is 4.87 Å². The maximum Gasteiger partial charge on any atom is 0.0826 e. The van der Waals surface area contributed by atoms with Gasteiger partial charge in [-0.2, -0.15) is 12.6 Å². The highest BCUT2D eigenvalue weighted by atomic mass is 32.1. The Morgan fingerprint density at radius 3 is 2.73 bits per heavy atom. The van der Waals surface area contributed by atoms with Gasteiger partial charge in [0.15, 0.2) is 0 Å². The fourth-order valence-electron chi connectivity index (χ4n) is 1.53. The SMILES string of the molecule is CC/C=C1/CCN(C)C1(C)S. The lowest BCUT2D eigenvalue weighted by Crippen LogP contribution is -2.33. The molecule has 0 N–H and O–H groups in total. The molecule has 0 saturated carbocycles. The van der Waals surface area contributed by atoms with E-state index < -0.39 is 0 Å². The summed E-state index contributed by atoms with van der Waals surface area (Å²) in [5.74, 6) is 0. The molecule has 0 spiro atoms. The van der Waals surface area contributed by atoms with Gasteiger partial charge in [0.2, 0.25) is 0 Å². The van der Waals surface area contributed by atoms with Crippen molar-refractivity contribution in [3.8, 4) is 0 Å². The maximum atomic E-state index is 4.63. The van der Waals surface area contributed by atoms with Crippen LogP contribution in [0.3, 0.4) is 0 Å². The standard InChI is InChI=1S/C9H17NS/c1-4-5-8-6-7-10(3)9(8,2)11/h5,11H,4,6-7H2,1-3H3/b8-5-. The fourth-order valence-corrected chi connectivity index (χ4v) is 1.83. The molecule has 1 rings (SSSR count). The van der Waals surface area contributed by atoms with Crippen molar-refractivity contribution < 1.29 is 0 Å². The van der Waals surface area contributed by atoms with Gasteiger partial charge in [-0.05, 0) is 32.4 Å². The summed E-state index contributed by atoms with van der Waals surface area (Å²) in [5, 5.41) is 0. The van der Waals surface area contributed by atoms with Gasteiger partial charge in [-0.1, -0.05) is 13.0 Å². The van der Waals surface area contributed by atoms with Crippen LogP contribution in [-0.2, 0) is 0 Å². The van der Waals surface area contributed by atoms with E-state index in [2.05, 4.69) is 44.5 Å². The summed E-state index contributed by atoms with van der Waals surface area (Å²) >= 11 is 4.63. The second-order valence-corrected chi connectivity index (χ2v) is 4.20. The first-order valence-electron chi connectivity index (χ1n) is 4.22. The van der Waals surface area contributed by atoms with Crippen LogP contribution in [-0.4, -0.2) is 23.4 Å². The number of allylic oxidation sites excluding steroid dienone is 1. The predicted octanol–water partition coefficient (Wildman–Crippen LogP) is 2.30. The number of likely N-dealkylation sites (tertiary alicyclic amines) is 1. The molecule has 1 heterocycles. The zero-order valence-electron chi connectivity index (χ0n) is 7.59. The molecule has 1 nitrogen and oxygen atoms in total. The lowest BCUT2D eigenvalue weighted by Gasteiger charge is -2.27. The van der Waals surface area contributed by atoms with Crippen molar-refractivity contribution >= 4 is 12.6 Å². The molecule has 1 aliphatic heterocycles. The lowest BCUT2D eigenvalue weighted by atomic mass is 10.1. The predicted molar refractivity (Wildman–Crippen MR) is 53.0 cm³/mol. The molecule has 1 saturated heterocycles. The van der Waals surface area contributed by atoms with Crippen LogP contribution >= 0.6 is 12.6 Å². The fraction of sp³-hybridized carbons (Fsp3) is 0.778. The Labute approximate surface area is 74.9 Å². The van der Waals surface area contributed by atoms with E-state index >= 15 is 0 Å². The summed E-state index contributed by atoms with van der Waals surface area (Å²) in [4.78, 5) is 2.30. The van der Waals surface area contributed by atoms with Crippen molar-refractivity contribution in [3.63, 3.8) is 0 Å². The van der Waals surface area contributed by atoms with E-state index in [1.54, 1.807) is 0 Å². The molecule has 0 aromatic heterocycles. The number of hydrogen-bond donors (Lipinski definition) is 1. The molecule has 1 fully saturated rings. The summed E-state index contributed by atoms with van der Waals surface area (Å²) in [7, 11) is 2.13. The van der Waals surface area contributed by atoms with Crippen LogP contribution in [0.2, 0.25) is 0 Å². The number of rotatable bonds is 1. The van der Waals surface area contributed by atoms with Crippen molar-refractivity contribution in [2.45, 2.75) is 31.6 Å². The molecule has 1 atom stereocenters. The van der Waals surface area contributed by atoms with E-state index in [0.29, 0.717) is 0 Å². The summed E-state index contributed by atoms with van der Waals surface area (Å²) in [6.45, 7) is 5.49. The maximum absolute atomic E-state index is 4.63. The molecule has 0 bridgehead atoms. The quantitative estimate of drug-likeness (QED) is 0.468. The minimum absolute atomic E-state index is 0.00993. The first kappa shape index (κ1) is 9.14. The van der Waals surface area contributed by atoms with Crippen LogP contribution in [0.25, 0.3) is 0 Å². The highest BCUT2D eigenvalue weighted by Crippen LogP contribution is 2.35. The van der Waals surface area contributed by atoms with Gasteiger partial charge in [0.1, 0.15) is 0 Å². The molecular weight excluding hydrogens is 154 g/mol. The van der Waals surface area contributed by atoms with Crippen molar-refractivity contribution in [1.29, 1.82) is 0 Å². The third-order valence-corrected chi connectivity index (χ3v) is 3.15. The number of nitrogens with zero attached hydrogens (tertiary/aromatic N) is 1. The highest BCUT2D eigenvalue weighted by molar-refractivity contribution is 7.82. The Morgan fingerprint density at radius 2 is 2.36 bits per heavy atom.